The summed E-state index contributed by atoms with van der Waals surface area (Å²) in [6, 6.07) is 0. The number of ether oxygens (including phenoxy) is 2. The maximum absolute atomic E-state index is 11.9. The van der Waals surface area contributed by atoms with Crippen LogP contribution in [-0.4, -0.2) is 47.4 Å². The van der Waals surface area contributed by atoms with Crippen LogP contribution in [0, 0.1) is 0 Å². The van der Waals surface area contributed by atoms with Gasteiger partial charge in [0, 0.05) is 6.54 Å². The number of β-amino-alcohol motifs (C(OH)–C–C–N with tert-alkyl or cyclic N) is 1. The first-order valence-electron chi connectivity index (χ1n) is 6.50. The summed E-state index contributed by atoms with van der Waals surface area (Å²) in [6.07, 6.45) is 0.389. The standard InChI is InChI=1S/C13H23NO5/c1-9(10(16)19-12(2,3)4)18-11(17)13(5-6-13)14-7-8-15/h9,14-15H,5-8H2,1-4H3. The first kappa shape index (κ1) is 15.9. The van der Waals surface area contributed by atoms with E-state index in [1.165, 1.54) is 6.92 Å². The maximum atomic E-state index is 11.9. The fraction of sp³-hybridized carbons (Fsp3) is 0.846. The van der Waals surface area contributed by atoms with Gasteiger partial charge in [0.1, 0.15) is 11.1 Å². The molecule has 110 valence electrons. The smallest absolute Gasteiger partial charge is 0.347 e. The Morgan fingerprint density at radius 3 is 2.37 bits per heavy atom. The maximum Gasteiger partial charge on any atom is 0.347 e. The summed E-state index contributed by atoms with van der Waals surface area (Å²) in [4.78, 5) is 23.6. The van der Waals surface area contributed by atoms with Crippen LogP contribution >= 0.6 is 0 Å². The number of esters is 2. The van der Waals surface area contributed by atoms with E-state index in [-0.39, 0.29) is 6.61 Å². The molecule has 1 saturated carbocycles. The fourth-order valence-electron chi connectivity index (χ4n) is 1.58. The van der Waals surface area contributed by atoms with Gasteiger partial charge in [0.2, 0.25) is 0 Å². The van der Waals surface area contributed by atoms with Crippen molar-refractivity contribution in [1.82, 2.24) is 5.32 Å². The topological polar surface area (TPSA) is 84.9 Å². The van der Waals surface area contributed by atoms with Gasteiger partial charge in [0.25, 0.3) is 0 Å². The Hall–Kier alpha value is -1.14. The molecule has 1 aliphatic rings. The van der Waals surface area contributed by atoms with Gasteiger partial charge in [0.05, 0.1) is 6.61 Å². The molecule has 1 fully saturated rings. The molecule has 0 aromatic rings. The van der Waals surface area contributed by atoms with Crippen molar-refractivity contribution in [3.8, 4) is 0 Å². The third kappa shape index (κ3) is 4.80. The molecule has 0 saturated heterocycles. The van der Waals surface area contributed by atoms with E-state index in [4.69, 9.17) is 14.6 Å². The first-order valence-corrected chi connectivity index (χ1v) is 6.50. The minimum atomic E-state index is -0.930. The summed E-state index contributed by atoms with van der Waals surface area (Å²) in [7, 11) is 0. The molecule has 1 rings (SSSR count). The third-order valence-electron chi connectivity index (χ3n) is 2.74. The van der Waals surface area contributed by atoms with Gasteiger partial charge in [-0.05, 0) is 40.5 Å². The van der Waals surface area contributed by atoms with Crippen LogP contribution in [0.25, 0.3) is 0 Å². The summed E-state index contributed by atoms with van der Waals surface area (Å²) >= 11 is 0. The van der Waals surface area contributed by atoms with Crippen LogP contribution in [0.3, 0.4) is 0 Å². The van der Waals surface area contributed by atoms with E-state index in [0.29, 0.717) is 19.4 Å². The van der Waals surface area contributed by atoms with Crippen molar-refractivity contribution >= 4 is 11.9 Å². The van der Waals surface area contributed by atoms with Gasteiger partial charge in [-0.2, -0.15) is 0 Å². The van der Waals surface area contributed by atoms with Crippen LogP contribution in [0.2, 0.25) is 0 Å². The lowest BCUT2D eigenvalue weighted by molar-refractivity contribution is -0.175. The molecule has 6 nitrogen and oxygen atoms in total. The van der Waals surface area contributed by atoms with Gasteiger partial charge in [-0.3, -0.25) is 10.1 Å². The van der Waals surface area contributed by atoms with Crippen molar-refractivity contribution in [3.63, 3.8) is 0 Å². The summed E-state index contributed by atoms with van der Waals surface area (Å²) in [6.45, 7) is 7.04. The zero-order valence-corrected chi connectivity index (χ0v) is 12.0. The van der Waals surface area contributed by atoms with Gasteiger partial charge >= 0.3 is 11.9 Å². The molecule has 6 heteroatoms. The molecule has 1 atom stereocenters. The van der Waals surface area contributed by atoms with Crippen molar-refractivity contribution < 1.29 is 24.2 Å². The lowest BCUT2D eigenvalue weighted by Gasteiger charge is -2.23. The summed E-state index contributed by atoms with van der Waals surface area (Å²) in [5, 5.41) is 11.7. The van der Waals surface area contributed by atoms with E-state index in [1.807, 2.05) is 0 Å². The molecule has 0 heterocycles. The number of aliphatic hydroxyl groups is 1. The Morgan fingerprint density at radius 2 is 1.95 bits per heavy atom. The molecule has 19 heavy (non-hydrogen) atoms. The first-order chi connectivity index (χ1) is 8.70. The second-order valence-electron chi connectivity index (χ2n) is 5.81. The summed E-state index contributed by atoms with van der Waals surface area (Å²) in [5.74, 6) is -1.02. The molecule has 1 aliphatic carbocycles. The normalized spacial score (nSPS) is 18.6. The van der Waals surface area contributed by atoms with Crippen LogP contribution in [0.15, 0.2) is 0 Å². The summed E-state index contributed by atoms with van der Waals surface area (Å²) in [5.41, 5.74) is -1.33. The predicted octanol–water partition coefficient (Wildman–Crippen LogP) is 0.374. The highest BCUT2D eigenvalue weighted by Gasteiger charge is 2.51. The average Bonchev–Trinajstić information content (AvgIpc) is 3.05. The second-order valence-corrected chi connectivity index (χ2v) is 5.81. The van der Waals surface area contributed by atoms with Crippen LogP contribution in [-0.2, 0) is 19.1 Å². The zero-order chi connectivity index (χ0) is 14.7. The Labute approximate surface area is 113 Å². The van der Waals surface area contributed by atoms with Gasteiger partial charge < -0.3 is 14.6 Å². The Bertz CT molecular complexity index is 343. The highest BCUT2D eigenvalue weighted by molar-refractivity contribution is 5.87. The largest absolute Gasteiger partial charge is 0.457 e. The van der Waals surface area contributed by atoms with Crippen LogP contribution in [0.5, 0.6) is 0 Å². The molecule has 0 aromatic carbocycles. The number of hydrogen-bond acceptors (Lipinski definition) is 6. The SMILES string of the molecule is CC(OC(=O)C1(NCCO)CC1)C(=O)OC(C)(C)C. The molecular weight excluding hydrogens is 250 g/mol. The minimum Gasteiger partial charge on any atom is -0.457 e. The van der Waals surface area contributed by atoms with Crippen LogP contribution in [0.4, 0.5) is 0 Å². The number of aliphatic hydroxyl groups excluding tert-OH is 1. The Morgan fingerprint density at radius 1 is 1.37 bits per heavy atom. The van der Waals surface area contributed by atoms with E-state index in [9.17, 15) is 9.59 Å². The quantitative estimate of drug-likeness (QED) is 0.680. The third-order valence-corrected chi connectivity index (χ3v) is 2.74. The molecule has 0 spiro atoms. The van der Waals surface area contributed by atoms with E-state index in [2.05, 4.69) is 5.32 Å². The molecule has 0 aliphatic heterocycles. The van der Waals surface area contributed by atoms with Gasteiger partial charge in [-0.1, -0.05) is 0 Å². The number of rotatable bonds is 6. The van der Waals surface area contributed by atoms with Crippen LogP contribution < -0.4 is 5.32 Å². The van der Waals surface area contributed by atoms with Crippen molar-refractivity contribution in [2.75, 3.05) is 13.2 Å². The van der Waals surface area contributed by atoms with Crippen molar-refractivity contribution in [1.29, 1.82) is 0 Å². The molecule has 1 unspecified atom stereocenters. The molecule has 0 amide bonds. The molecule has 0 aromatic heterocycles. The lowest BCUT2D eigenvalue weighted by atomic mass is 10.2. The average molecular weight is 273 g/mol. The second kappa shape index (κ2) is 5.88. The van der Waals surface area contributed by atoms with E-state index >= 15 is 0 Å². The zero-order valence-electron chi connectivity index (χ0n) is 12.0. The van der Waals surface area contributed by atoms with Gasteiger partial charge in [-0.15, -0.1) is 0 Å². The molecule has 2 N–H and O–H groups in total. The number of nitrogens with one attached hydrogen (secondary N) is 1. The summed E-state index contributed by atoms with van der Waals surface area (Å²) < 4.78 is 10.3. The highest BCUT2D eigenvalue weighted by Crippen LogP contribution is 2.36. The highest BCUT2D eigenvalue weighted by atomic mass is 16.6. The van der Waals surface area contributed by atoms with Crippen molar-refractivity contribution in [2.24, 2.45) is 0 Å². The van der Waals surface area contributed by atoms with Crippen LogP contribution in [0.1, 0.15) is 40.5 Å². The van der Waals surface area contributed by atoms with E-state index in [0.717, 1.165) is 0 Å². The Kier molecular flexibility index (Phi) is 4.92. The van der Waals surface area contributed by atoms with E-state index < -0.39 is 29.2 Å². The number of carbonyl (C=O) groups is 2. The molecular formula is C13H23NO5. The number of hydrogen-bond donors (Lipinski definition) is 2. The minimum absolute atomic E-state index is 0.0450. The molecule has 0 radical (unpaired) electrons. The predicted molar refractivity (Wildman–Crippen MR) is 68.5 cm³/mol. The Balaban J connectivity index is 2.46. The number of carbonyl (C=O) groups excluding carboxylic acids is 2. The van der Waals surface area contributed by atoms with E-state index in [1.54, 1.807) is 20.8 Å². The van der Waals surface area contributed by atoms with Gasteiger partial charge in [0.15, 0.2) is 6.10 Å². The van der Waals surface area contributed by atoms with Gasteiger partial charge in [-0.25, -0.2) is 4.79 Å². The van der Waals surface area contributed by atoms with Crippen molar-refractivity contribution in [3.05, 3.63) is 0 Å². The van der Waals surface area contributed by atoms with Crippen molar-refractivity contribution in [2.45, 2.75) is 57.8 Å². The lowest BCUT2D eigenvalue weighted by Crippen LogP contribution is -2.44. The monoisotopic (exact) mass is 273 g/mol. The fourth-order valence-corrected chi connectivity index (χ4v) is 1.58. The molecule has 0 bridgehead atoms.